The van der Waals surface area contributed by atoms with Gasteiger partial charge in [-0.05, 0) is 37.0 Å². The molecule has 0 aromatic heterocycles. The molecule has 1 aliphatic rings. The summed E-state index contributed by atoms with van der Waals surface area (Å²) in [6, 6.07) is 6.81. The molecule has 2 unspecified atom stereocenters. The molecule has 2 atom stereocenters. The Morgan fingerprint density at radius 2 is 2.19 bits per heavy atom. The molecule has 0 spiro atoms. The first kappa shape index (κ1) is 15.6. The molecule has 5 nitrogen and oxygen atoms in total. The van der Waals surface area contributed by atoms with E-state index in [1.807, 2.05) is 0 Å². The maximum absolute atomic E-state index is 11.7. The Morgan fingerprint density at radius 3 is 2.90 bits per heavy atom. The first-order valence-corrected chi connectivity index (χ1v) is 7.32. The Labute approximate surface area is 128 Å². The summed E-state index contributed by atoms with van der Waals surface area (Å²) >= 11 is 5.82. The van der Waals surface area contributed by atoms with Crippen LogP contribution in [0, 0.1) is 11.8 Å². The fraction of sp³-hybridized carbons (Fsp3) is 0.467. The van der Waals surface area contributed by atoms with Crippen LogP contribution in [-0.4, -0.2) is 30.1 Å². The Bertz CT molecular complexity index is 520. The second kappa shape index (κ2) is 7.31. The van der Waals surface area contributed by atoms with Gasteiger partial charge in [-0.15, -0.1) is 0 Å². The number of amides is 1. The number of hydrogen-bond acceptors (Lipinski definition) is 3. The van der Waals surface area contributed by atoms with Gasteiger partial charge in [0.25, 0.3) is 5.91 Å². The summed E-state index contributed by atoms with van der Waals surface area (Å²) in [5, 5.41) is 12.4. The van der Waals surface area contributed by atoms with Gasteiger partial charge in [-0.1, -0.05) is 24.1 Å². The van der Waals surface area contributed by atoms with Gasteiger partial charge < -0.3 is 15.2 Å². The molecule has 0 saturated heterocycles. The molecule has 1 aliphatic carbocycles. The topological polar surface area (TPSA) is 75.6 Å². The molecule has 1 aromatic rings. The summed E-state index contributed by atoms with van der Waals surface area (Å²) in [5.41, 5.74) is 0. The van der Waals surface area contributed by atoms with E-state index in [0.717, 1.165) is 12.8 Å². The number of benzene rings is 1. The second-order valence-corrected chi connectivity index (χ2v) is 5.62. The van der Waals surface area contributed by atoms with E-state index in [4.69, 9.17) is 21.4 Å². The van der Waals surface area contributed by atoms with Crippen molar-refractivity contribution in [2.75, 3.05) is 13.2 Å². The van der Waals surface area contributed by atoms with Crippen LogP contribution in [-0.2, 0) is 9.59 Å². The molecule has 6 heteroatoms. The maximum atomic E-state index is 11.7. The second-order valence-electron chi connectivity index (χ2n) is 5.19. The lowest BCUT2D eigenvalue weighted by molar-refractivity contribution is -0.143. The van der Waals surface area contributed by atoms with Crippen LogP contribution in [0.5, 0.6) is 5.75 Å². The maximum Gasteiger partial charge on any atom is 0.306 e. The number of hydrogen-bond donors (Lipinski definition) is 2. The van der Waals surface area contributed by atoms with Gasteiger partial charge in [-0.25, -0.2) is 0 Å². The van der Waals surface area contributed by atoms with E-state index in [1.165, 1.54) is 0 Å². The average molecular weight is 312 g/mol. The molecule has 21 heavy (non-hydrogen) atoms. The van der Waals surface area contributed by atoms with Crippen LogP contribution in [0.1, 0.15) is 19.3 Å². The SMILES string of the molecule is O=C(COc1cccc(Cl)c1)NCC1CCCC1C(=O)O. The van der Waals surface area contributed by atoms with Crippen molar-refractivity contribution in [3.05, 3.63) is 29.3 Å². The number of carboxylic acid groups (broad SMARTS) is 1. The van der Waals surface area contributed by atoms with Crippen LogP contribution in [0.3, 0.4) is 0 Å². The number of carbonyl (C=O) groups is 2. The van der Waals surface area contributed by atoms with Gasteiger partial charge in [0.05, 0.1) is 5.92 Å². The van der Waals surface area contributed by atoms with Crippen LogP contribution in [0.25, 0.3) is 0 Å². The third-order valence-corrected chi connectivity index (χ3v) is 3.94. The van der Waals surface area contributed by atoms with Gasteiger partial charge in [-0.3, -0.25) is 9.59 Å². The van der Waals surface area contributed by atoms with Gasteiger partial charge in [0.2, 0.25) is 0 Å². The minimum Gasteiger partial charge on any atom is -0.484 e. The zero-order valence-corrected chi connectivity index (χ0v) is 12.3. The summed E-state index contributed by atoms with van der Waals surface area (Å²) in [7, 11) is 0. The highest BCUT2D eigenvalue weighted by Crippen LogP contribution is 2.31. The van der Waals surface area contributed by atoms with Crippen LogP contribution in [0.2, 0.25) is 5.02 Å². The van der Waals surface area contributed by atoms with Crippen molar-refractivity contribution in [3.63, 3.8) is 0 Å². The highest BCUT2D eigenvalue weighted by atomic mass is 35.5. The molecule has 1 fully saturated rings. The van der Waals surface area contributed by atoms with Crippen molar-refractivity contribution in [1.82, 2.24) is 5.32 Å². The molecule has 2 N–H and O–H groups in total. The predicted octanol–water partition coefficient (Wildman–Crippen LogP) is 2.34. The highest BCUT2D eigenvalue weighted by molar-refractivity contribution is 6.30. The van der Waals surface area contributed by atoms with Gasteiger partial charge in [0.1, 0.15) is 5.75 Å². The molecule has 1 saturated carbocycles. The summed E-state index contributed by atoms with van der Waals surface area (Å²) in [5.74, 6) is -0.841. The van der Waals surface area contributed by atoms with Crippen LogP contribution < -0.4 is 10.1 Å². The Kier molecular flexibility index (Phi) is 5.44. The number of carboxylic acids is 1. The van der Waals surface area contributed by atoms with Crippen molar-refractivity contribution in [2.45, 2.75) is 19.3 Å². The largest absolute Gasteiger partial charge is 0.484 e. The minimum atomic E-state index is -0.776. The Hall–Kier alpha value is -1.75. The first-order chi connectivity index (χ1) is 10.1. The number of nitrogens with one attached hydrogen (secondary N) is 1. The lowest BCUT2D eigenvalue weighted by Gasteiger charge is -2.16. The molecule has 1 aromatic carbocycles. The molecular weight excluding hydrogens is 294 g/mol. The lowest BCUT2D eigenvalue weighted by Crippen LogP contribution is -2.35. The van der Waals surface area contributed by atoms with Crippen LogP contribution >= 0.6 is 11.6 Å². The van der Waals surface area contributed by atoms with Crippen molar-refractivity contribution in [1.29, 1.82) is 0 Å². The van der Waals surface area contributed by atoms with Crippen molar-refractivity contribution in [2.24, 2.45) is 11.8 Å². The standard InChI is InChI=1S/C15H18ClNO4/c16-11-4-2-5-12(7-11)21-9-14(18)17-8-10-3-1-6-13(10)15(19)20/h2,4-5,7,10,13H,1,3,6,8-9H2,(H,17,18)(H,19,20). The molecule has 1 amide bonds. The van der Waals surface area contributed by atoms with Gasteiger partial charge >= 0.3 is 5.97 Å². The van der Waals surface area contributed by atoms with E-state index in [2.05, 4.69) is 5.32 Å². The molecule has 2 rings (SSSR count). The van der Waals surface area contributed by atoms with Gasteiger partial charge in [0.15, 0.2) is 6.61 Å². The van der Waals surface area contributed by atoms with E-state index < -0.39 is 5.97 Å². The van der Waals surface area contributed by atoms with Crippen molar-refractivity contribution < 1.29 is 19.4 Å². The van der Waals surface area contributed by atoms with Crippen LogP contribution in [0.15, 0.2) is 24.3 Å². The Morgan fingerprint density at radius 1 is 1.38 bits per heavy atom. The van der Waals surface area contributed by atoms with Gasteiger partial charge in [-0.2, -0.15) is 0 Å². The number of halogens is 1. The molecule has 0 bridgehead atoms. The van der Waals surface area contributed by atoms with Gasteiger partial charge in [0, 0.05) is 11.6 Å². The normalized spacial score (nSPS) is 21.0. The minimum absolute atomic E-state index is 0.0117. The monoisotopic (exact) mass is 311 g/mol. The lowest BCUT2D eigenvalue weighted by atomic mass is 9.96. The molecule has 114 valence electrons. The van der Waals surface area contributed by atoms with Crippen LogP contribution in [0.4, 0.5) is 0 Å². The zero-order valence-electron chi connectivity index (χ0n) is 11.5. The molecule has 0 radical (unpaired) electrons. The summed E-state index contributed by atoms with van der Waals surface area (Å²) in [6.07, 6.45) is 2.43. The molecular formula is C15H18ClNO4. The third-order valence-electron chi connectivity index (χ3n) is 3.70. The summed E-state index contributed by atoms with van der Waals surface area (Å²) < 4.78 is 5.33. The number of ether oxygens (including phenoxy) is 1. The first-order valence-electron chi connectivity index (χ1n) is 6.94. The number of aliphatic carboxylic acids is 1. The summed E-state index contributed by atoms with van der Waals surface area (Å²) in [6.45, 7) is 0.277. The number of carbonyl (C=O) groups excluding carboxylic acids is 1. The fourth-order valence-corrected chi connectivity index (χ4v) is 2.79. The third kappa shape index (κ3) is 4.63. The quantitative estimate of drug-likeness (QED) is 0.845. The smallest absolute Gasteiger partial charge is 0.306 e. The molecule has 0 aliphatic heterocycles. The van der Waals surface area contributed by atoms with E-state index in [-0.39, 0.29) is 24.3 Å². The van der Waals surface area contributed by atoms with E-state index >= 15 is 0 Å². The van der Waals surface area contributed by atoms with E-state index in [1.54, 1.807) is 24.3 Å². The van der Waals surface area contributed by atoms with E-state index in [0.29, 0.717) is 23.7 Å². The fourth-order valence-electron chi connectivity index (χ4n) is 2.61. The zero-order chi connectivity index (χ0) is 15.2. The van der Waals surface area contributed by atoms with E-state index in [9.17, 15) is 9.59 Å². The summed E-state index contributed by atoms with van der Waals surface area (Å²) in [4.78, 5) is 22.8. The van der Waals surface area contributed by atoms with Crippen molar-refractivity contribution in [3.8, 4) is 5.75 Å². The van der Waals surface area contributed by atoms with Crippen molar-refractivity contribution >= 4 is 23.5 Å². The highest BCUT2D eigenvalue weighted by Gasteiger charge is 2.32. The molecule has 0 heterocycles. The predicted molar refractivity (Wildman–Crippen MR) is 78.4 cm³/mol. The Balaban J connectivity index is 1.74. The average Bonchev–Trinajstić information content (AvgIpc) is 2.91. The number of rotatable bonds is 6.